The first-order valence-electron chi connectivity index (χ1n) is 4.90. The van der Waals surface area contributed by atoms with Crippen LogP contribution in [0.2, 0.25) is 0 Å². The smallest absolute Gasteiger partial charge is 0.392 e. The molecule has 3 atom stereocenters. The van der Waals surface area contributed by atoms with Crippen molar-refractivity contribution < 1.29 is 18.3 Å². The third-order valence-electron chi connectivity index (χ3n) is 3.00. The molecule has 1 rings (SSSR count). The Balaban J connectivity index is 2.69. The van der Waals surface area contributed by atoms with E-state index in [0.717, 1.165) is 6.42 Å². The number of hydrogen-bond donors (Lipinski definition) is 2. The molecule has 0 heterocycles. The summed E-state index contributed by atoms with van der Waals surface area (Å²) in [5.41, 5.74) is 5.48. The quantitative estimate of drug-likeness (QED) is 0.729. The highest BCUT2D eigenvalue weighted by molar-refractivity contribution is 4.86. The largest absolute Gasteiger partial charge is 0.395 e. The summed E-state index contributed by atoms with van der Waals surface area (Å²) in [6.07, 6.45) is -2.14. The number of hydrogen-bond acceptors (Lipinski definition) is 2. The minimum absolute atomic E-state index is 0.155. The molecule has 14 heavy (non-hydrogen) atoms. The molecule has 0 radical (unpaired) electrons. The van der Waals surface area contributed by atoms with Crippen molar-refractivity contribution in [1.82, 2.24) is 0 Å². The molecule has 1 aliphatic carbocycles. The highest BCUT2D eigenvalue weighted by atomic mass is 19.4. The summed E-state index contributed by atoms with van der Waals surface area (Å²) >= 11 is 0. The third kappa shape index (κ3) is 2.60. The first-order valence-corrected chi connectivity index (χ1v) is 4.90. The van der Waals surface area contributed by atoms with Gasteiger partial charge in [-0.3, -0.25) is 0 Å². The van der Waals surface area contributed by atoms with Crippen LogP contribution in [0.5, 0.6) is 0 Å². The molecule has 3 N–H and O–H groups in total. The van der Waals surface area contributed by atoms with E-state index in [-0.39, 0.29) is 13.0 Å². The van der Waals surface area contributed by atoms with Crippen LogP contribution in [0.15, 0.2) is 0 Å². The lowest BCUT2D eigenvalue weighted by atomic mass is 9.75. The average molecular weight is 211 g/mol. The second-order valence-corrected chi connectivity index (χ2v) is 3.94. The first-order chi connectivity index (χ1) is 6.46. The molecule has 1 fully saturated rings. The Bertz CT molecular complexity index is 183. The van der Waals surface area contributed by atoms with Crippen molar-refractivity contribution in [2.75, 3.05) is 6.61 Å². The summed E-state index contributed by atoms with van der Waals surface area (Å²) in [6, 6.07) is -0.734. The zero-order chi connectivity index (χ0) is 10.8. The molecule has 3 unspecified atom stereocenters. The number of alkyl halides is 3. The first kappa shape index (κ1) is 11.8. The fourth-order valence-electron chi connectivity index (χ4n) is 2.21. The van der Waals surface area contributed by atoms with Crippen LogP contribution in [-0.2, 0) is 0 Å². The number of halogens is 3. The van der Waals surface area contributed by atoms with Gasteiger partial charge in [0.25, 0.3) is 0 Å². The molecular formula is C9H16F3NO. The predicted molar refractivity (Wildman–Crippen MR) is 46.6 cm³/mol. The lowest BCUT2D eigenvalue weighted by molar-refractivity contribution is -0.199. The van der Waals surface area contributed by atoms with Gasteiger partial charge >= 0.3 is 6.18 Å². The van der Waals surface area contributed by atoms with E-state index < -0.39 is 24.1 Å². The van der Waals surface area contributed by atoms with E-state index in [9.17, 15) is 13.2 Å². The maximum absolute atomic E-state index is 12.6. The zero-order valence-electron chi connectivity index (χ0n) is 7.93. The molecule has 0 spiro atoms. The summed E-state index contributed by atoms with van der Waals surface area (Å²) in [7, 11) is 0. The van der Waals surface area contributed by atoms with Gasteiger partial charge < -0.3 is 10.8 Å². The maximum atomic E-state index is 12.6. The molecular weight excluding hydrogens is 195 g/mol. The van der Waals surface area contributed by atoms with Gasteiger partial charge in [0, 0.05) is 6.04 Å². The van der Waals surface area contributed by atoms with Gasteiger partial charge in [0.2, 0.25) is 0 Å². The van der Waals surface area contributed by atoms with E-state index in [1.54, 1.807) is 0 Å². The summed E-state index contributed by atoms with van der Waals surface area (Å²) in [5, 5.41) is 8.78. The molecule has 5 heteroatoms. The van der Waals surface area contributed by atoms with Crippen molar-refractivity contribution >= 4 is 0 Å². The topological polar surface area (TPSA) is 46.2 Å². The van der Waals surface area contributed by atoms with E-state index >= 15 is 0 Å². The highest BCUT2D eigenvalue weighted by Gasteiger charge is 2.46. The van der Waals surface area contributed by atoms with Crippen LogP contribution in [-0.4, -0.2) is 23.9 Å². The second kappa shape index (κ2) is 4.49. The Morgan fingerprint density at radius 3 is 2.36 bits per heavy atom. The standard InChI is InChI=1S/C9H16F3NO/c10-9(11,12)7-4-2-1-3-6(7)8(13)5-14/h6-8,14H,1-5,13H2. The van der Waals surface area contributed by atoms with Crippen molar-refractivity contribution in [1.29, 1.82) is 0 Å². The molecule has 2 nitrogen and oxygen atoms in total. The Hall–Kier alpha value is -0.290. The second-order valence-electron chi connectivity index (χ2n) is 3.94. The number of aliphatic hydroxyl groups is 1. The summed E-state index contributed by atoms with van der Waals surface area (Å²) in [6.45, 7) is -0.364. The lowest BCUT2D eigenvalue weighted by Gasteiger charge is -2.35. The molecule has 84 valence electrons. The predicted octanol–water partition coefficient (Wildman–Crippen LogP) is 1.67. The van der Waals surface area contributed by atoms with Gasteiger partial charge in [-0.15, -0.1) is 0 Å². The molecule has 0 bridgehead atoms. The van der Waals surface area contributed by atoms with Crippen LogP contribution in [0, 0.1) is 11.8 Å². The van der Waals surface area contributed by atoms with Crippen LogP contribution >= 0.6 is 0 Å². The molecule has 0 aliphatic heterocycles. The van der Waals surface area contributed by atoms with Crippen molar-refractivity contribution in [2.45, 2.75) is 37.9 Å². The average Bonchev–Trinajstić information content (AvgIpc) is 2.15. The fourth-order valence-corrected chi connectivity index (χ4v) is 2.21. The number of nitrogens with two attached hydrogens (primary N) is 1. The molecule has 1 aliphatic rings. The van der Waals surface area contributed by atoms with E-state index in [4.69, 9.17) is 10.8 Å². The molecule has 1 saturated carbocycles. The Labute approximate surface area is 81.3 Å². The number of aliphatic hydroxyl groups excluding tert-OH is 1. The van der Waals surface area contributed by atoms with E-state index in [0.29, 0.717) is 12.8 Å². The van der Waals surface area contributed by atoms with Gasteiger partial charge in [0.1, 0.15) is 0 Å². The summed E-state index contributed by atoms with van der Waals surface area (Å²) < 4.78 is 37.7. The molecule has 0 amide bonds. The van der Waals surface area contributed by atoms with Gasteiger partial charge in [0.05, 0.1) is 12.5 Å². The van der Waals surface area contributed by atoms with E-state index in [2.05, 4.69) is 0 Å². The maximum Gasteiger partial charge on any atom is 0.392 e. The highest BCUT2D eigenvalue weighted by Crippen LogP contribution is 2.42. The minimum atomic E-state index is -4.17. The van der Waals surface area contributed by atoms with Gasteiger partial charge in [-0.2, -0.15) is 13.2 Å². The monoisotopic (exact) mass is 211 g/mol. The normalized spacial score (nSPS) is 31.5. The van der Waals surface area contributed by atoms with Crippen molar-refractivity contribution in [3.8, 4) is 0 Å². The van der Waals surface area contributed by atoms with Crippen LogP contribution in [0.25, 0.3) is 0 Å². The Morgan fingerprint density at radius 2 is 1.86 bits per heavy atom. The van der Waals surface area contributed by atoms with E-state index in [1.807, 2.05) is 0 Å². The summed E-state index contributed by atoms with van der Waals surface area (Å²) in [4.78, 5) is 0. The Kier molecular flexibility index (Phi) is 3.78. The van der Waals surface area contributed by atoms with Gasteiger partial charge in [-0.1, -0.05) is 12.8 Å². The SMILES string of the molecule is NC(CO)C1CCCCC1C(F)(F)F. The minimum Gasteiger partial charge on any atom is -0.395 e. The Morgan fingerprint density at radius 1 is 1.29 bits per heavy atom. The van der Waals surface area contributed by atoms with Crippen molar-refractivity contribution in [3.05, 3.63) is 0 Å². The van der Waals surface area contributed by atoms with Crippen LogP contribution < -0.4 is 5.73 Å². The molecule has 0 aromatic carbocycles. The third-order valence-corrected chi connectivity index (χ3v) is 3.00. The van der Waals surface area contributed by atoms with Gasteiger partial charge in [-0.05, 0) is 18.8 Å². The fraction of sp³-hybridized carbons (Fsp3) is 1.00. The van der Waals surface area contributed by atoms with Crippen molar-refractivity contribution in [3.63, 3.8) is 0 Å². The van der Waals surface area contributed by atoms with Crippen LogP contribution in [0.1, 0.15) is 25.7 Å². The van der Waals surface area contributed by atoms with Crippen LogP contribution in [0.4, 0.5) is 13.2 Å². The van der Waals surface area contributed by atoms with Crippen molar-refractivity contribution in [2.24, 2.45) is 17.6 Å². The zero-order valence-corrected chi connectivity index (χ0v) is 7.93. The van der Waals surface area contributed by atoms with Gasteiger partial charge in [0.15, 0.2) is 0 Å². The number of rotatable bonds is 2. The summed E-state index contributed by atoms with van der Waals surface area (Å²) in [5.74, 6) is -1.92. The lowest BCUT2D eigenvalue weighted by Crippen LogP contribution is -2.44. The van der Waals surface area contributed by atoms with E-state index in [1.165, 1.54) is 0 Å². The molecule has 0 aromatic heterocycles. The molecule has 0 saturated heterocycles. The van der Waals surface area contributed by atoms with Gasteiger partial charge in [-0.25, -0.2) is 0 Å². The van der Waals surface area contributed by atoms with Crippen LogP contribution in [0.3, 0.4) is 0 Å². The molecule has 0 aromatic rings.